The highest BCUT2D eigenvalue weighted by Crippen LogP contribution is 2.64. The number of alkyl halides is 1. The molecule has 0 aromatic heterocycles. The molecule has 7 atom stereocenters. The number of rotatable bonds is 1. The topological polar surface area (TPSA) is 20.2 Å². The van der Waals surface area contributed by atoms with Crippen LogP contribution in [-0.4, -0.2) is 17.9 Å². The van der Waals surface area contributed by atoms with Gasteiger partial charge < -0.3 is 5.11 Å². The number of hydrogen-bond acceptors (Lipinski definition) is 1. The van der Waals surface area contributed by atoms with E-state index in [2.05, 4.69) is 31.2 Å². The van der Waals surface area contributed by atoms with Crippen LogP contribution in [0.3, 0.4) is 0 Å². The molecular weight excluding hydrogens is 263 g/mol. The Morgan fingerprint density at radius 2 is 2.05 bits per heavy atom. The van der Waals surface area contributed by atoms with E-state index in [1.54, 1.807) is 0 Å². The maximum absolute atomic E-state index is 14.1. The summed E-state index contributed by atoms with van der Waals surface area (Å²) in [6.07, 6.45) is 14.5. The van der Waals surface area contributed by atoms with E-state index >= 15 is 0 Å². The lowest BCUT2D eigenvalue weighted by Crippen LogP contribution is -2.51. The number of hydrogen-bond donors (Lipinski definition) is 1. The summed E-state index contributed by atoms with van der Waals surface area (Å²) < 4.78 is 14.1. The Morgan fingerprint density at radius 3 is 2.86 bits per heavy atom. The first kappa shape index (κ1) is 14.0. The van der Waals surface area contributed by atoms with Gasteiger partial charge in [-0.25, -0.2) is 4.39 Å². The van der Waals surface area contributed by atoms with Gasteiger partial charge >= 0.3 is 0 Å². The van der Waals surface area contributed by atoms with Gasteiger partial charge in [-0.3, -0.25) is 0 Å². The number of fused-ring (bicyclic) bond motifs is 5. The zero-order valence-corrected chi connectivity index (χ0v) is 13.0. The summed E-state index contributed by atoms with van der Waals surface area (Å²) in [6, 6.07) is 0. The van der Waals surface area contributed by atoms with Crippen molar-refractivity contribution in [2.45, 2.75) is 51.6 Å². The lowest BCUT2D eigenvalue weighted by atomic mass is 9.47. The molecule has 0 aromatic rings. The molecule has 4 aliphatic carbocycles. The molecule has 0 heterocycles. The lowest BCUT2D eigenvalue weighted by Gasteiger charge is -2.57. The van der Waals surface area contributed by atoms with Crippen molar-refractivity contribution in [2.75, 3.05) is 6.61 Å². The molecule has 3 saturated carbocycles. The van der Waals surface area contributed by atoms with Crippen molar-refractivity contribution in [1.82, 2.24) is 0 Å². The summed E-state index contributed by atoms with van der Waals surface area (Å²) in [4.78, 5) is 0. The number of allylic oxidation sites excluding steroid dienone is 4. The fourth-order valence-electron chi connectivity index (χ4n) is 6.46. The Hall–Kier alpha value is -0.630. The first-order chi connectivity index (χ1) is 10.1. The Kier molecular flexibility index (Phi) is 3.12. The van der Waals surface area contributed by atoms with Crippen molar-refractivity contribution in [3.8, 4) is 0 Å². The predicted molar refractivity (Wildman–Crippen MR) is 82.5 cm³/mol. The minimum absolute atomic E-state index is 0.0992. The summed E-state index contributed by atoms with van der Waals surface area (Å²) in [7, 11) is 0. The molecule has 1 nitrogen and oxygen atoms in total. The molecule has 116 valence electrons. The van der Waals surface area contributed by atoms with Crippen molar-refractivity contribution in [2.24, 2.45) is 34.5 Å². The van der Waals surface area contributed by atoms with E-state index < -0.39 is 6.17 Å². The SMILES string of the molecule is C[C@]12C=CC=CC1CC[C@H]1[C@@H]3C[C@@H](F)C[C@@]3(CO)CC[C@@H]12. The molecule has 21 heavy (non-hydrogen) atoms. The first-order valence-electron chi connectivity index (χ1n) is 8.70. The molecule has 0 spiro atoms. The van der Waals surface area contributed by atoms with Crippen molar-refractivity contribution in [3.63, 3.8) is 0 Å². The van der Waals surface area contributed by atoms with Gasteiger partial charge in [0.05, 0.1) is 0 Å². The second-order valence-corrected chi connectivity index (χ2v) is 8.27. The number of aliphatic hydroxyl groups is 1. The van der Waals surface area contributed by atoms with Crippen molar-refractivity contribution >= 4 is 0 Å². The maximum Gasteiger partial charge on any atom is 0.101 e. The summed E-state index contributed by atoms with van der Waals surface area (Å²) in [5.74, 6) is 2.36. The molecule has 2 heteroatoms. The van der Waals surface area contributed by atoms with Crippen LogP contribution in [0.1, 0.15) is 45.4 Å². The van der Waals surface area contributed by atoms with Crippen LogP contribution in [0.4, 0.5) is 4.39 Å². The Labute approximate surface area is 127 Å². The predicted octanol–water partition coefficient (Wildman–Crippen LogP) is 4.28. The fourth-order valence-corrected chi connectivity index (χ4v) is 6.46. The minimum atomic E-state index is -0.687. The fraction of sp³-hybridized carbons (Fsp3) is 0.789. The van der Waals surface area contributed by atoms with Crippen LogP contribution in [0.25, 0.3) is 0 Å². The van der Waals surface area contributed by atoms with Gasteiger partial charge in [0.15, 0.2) is 0 Å². The second kappa shape index (κ2) is 4.68. The average Bonchev–Trinajstić information content (AvgIpc) is 2.83. The minimum Gasteiger partial charge on any atom is -0.396 e. The smallest absolute Gasteiger partial charge is 0.101 e. The largest absolute Gasteiger partial charge is 0.396 e. The van der Waals surface area contributed by atoms with E-state index in [1.165, 1.54) is 19.3 Å². The van der Waals surface area contributed by atoms with Crippen LogP contribution in [0, 0.1) is 34.5 Å². The van der Waals surface area contributed by atoms with Gasteiger partial charge in [-0.2, -0.15) is 0 Å². The van der Waals surface area contributed by atoms with E-state index in [1.807, 2.05) is 0 Å². The Morgan fingerprint density at radius 1 is 1.19 bits per heavy atom. The highest BCUT2D eigenvalue weighted by molar-refractivity contribution is 5.23. The maximum atomic E-state index is 14.1. The van der Waals surface area contributed by atoms with E-state index in [4.69, 9.17) is 0 Å². The zero-order valence-electron chi connectivity index (χ0n) is 13.0. The van der Waals surface area contributed by atoms with Crippen LogP contribution >= 0.6 is 0 Å². The zero-order chi connectivity index (χ0) is 14.7. The van der Waals surface area contributed by atoms with Crippen molar-refractivity contribution in [1.29, 1.82) is 0 Å². The van der Waals surface area contributed by atoms with Crippen molar-refractivity contribution in [3.05, 3.63) is 24.3 Å². The number of halogens is 1. The first-order valence-corrected chi connectivity index (χ1v) is 8.70. The van der Waals surface area contributed by atoms with E-state index in [9.17, 15) is 9.50 Å². The van der Waals surface area contributed by atoms with Gasteiger partial charge in [-0.05, 0) is 73.0 Å². The third-order valence-electron chi connectivity index (χ3n) is 7.54. The second-order valence-electron chi connectivity index (χ2n) is 8.27. The van der Waals surface area contributed by atoms with Gasteiger partial charge in [0.25, 0.3) is 0 Å². The molecule has 1 N–H and O–H groups in total. The molecular formula is C19H27FO. The third kappa shape index (κ3) is 1.84. The van der Waals surface area contributed by atoms with Crippen LogP contribution in [-0.2, 0) is 0 Å². The molecule has 4 aliphatic rings. The summed E-state index contributed by atoms with van der Waals surface area (Å²) >= 11 is 0. The molecule has 3 fully saturated rings. The van der Waals surface area contributed by atoms with Crippen LogP contribution in [0.5, 0.6) is 0 Å². The average molecular weight is 290 g/mol. The van der Waals surface area contributed by atoms with Gasteiger partial charge in [0.2, 0.25) is 0 Å². The molecule has 4 rings (SSSR count). The van der Waals surface area contributed by atoms with Crippen LogP contribution in [0.15, 0.2) is 24.3 Å². The molecule has 0 saturated heterocycles. The van der Waals surface area contributed by atoms with Crippen molar-refractivity contribution < 1.29 is 9.50 Å². The van der Waals surface area contributed by atoms with Gasteiger partial charge in [-0.1, -0.05) is 31.2 Å². The van der Waals surface area contributed by atoms with E-state index in [-0.39, 0.29) is 17.4 Å². The third-order valence-corrected chi connectivity index (χ3v) is 7.54. The highest BCUT2D eigenvalue weighted by Gasteiger charge is 2.59. The Bertz CT molecular complexity index is 484. The number of aliphatic hydroxyl groups excluding tert-OH is 1. The van der Waals surface area contributed by atoms with Crippen LogP contribution in [0.2, 0.25) is 0 Å². The molecule has 0 aliphatic heterocycles. The quantitative estimate of drug-likeness (QED) is 0.764. The van der Waals surface area contributed by atoms with E-state index in [0.717, 1.165) is 6.42 Å². The highest BCUT2D eigenvalue weighted by atomic mass is 19.1. The summed E-state index contributed by atoms with van der Waals surface area (Å²) in [5, 5.41) is 9.96. The molecule has 0 bridgehead atoms. The summed E-state index contributed by atoms with van der Waals surface area (Å²) in [6.45, 7) is 2.61. The molecule has 0 aromatic carbocycles. The standard InChI is InChI=1S/C19H27FO/c1-18-8-3-2-4-13(18)5-6-15-16(18)7-9-19(12-21)11-14(20)10-17(15)19/h2-4,8,13-17,21H,5-7,9-12H2,1H3/t13?,14-,15-,16+,17+,18+,19-/m1/s1. The molecule has 1 unspecified atom stereocenters. The molecule has 0 radical (unpaired) electrons. The monoisotopic (exact) mass is 290 g/mol. The summed E-state index contributed by atoms with van der Waals surface area (Å²) in [5.41, 5.74) is 0.158. The molecule has 0 amide bonds. The van der Waals surface area contributed by atoms with Crippen LogP contribution < -0.4 is 0 Å². The normalized spacial score (nSPS) is 54.9. The van der Waals surface area contributed by atoms with E-state index in [0.29, 0.717) is 36.5 Å². The lowest BCUT2D eigenvalue weighted by molar-refractivity contribution is -0.0790. The van der Waals surface area contributed by atoms with Gasteiger partial charge in [0, 0.05) is 6.61 Å². The van der Waals surface area contributed by atoms with Gasteiger partial charge in [0.1, 0.15) is 6.17 Å². The van der Waals surface area contributed by atoms with Gasteiger partial charge in [-0.15, -0.1) is 0 Å². The Balaban J connectivity index is 1.68.